The van der Waals surface area contributed by atoms with E-state index in [1.807, 2.05) is 30.3 Å². The summed E-state index contributed by atoms with van der Waals surface area (Å²) in [5, 5.41) is 9.99. The Hall–Kier alpha value is -2.49. The van der Waals surface area contributed by atoms with Crippen LogP contribution >= 0.6 is 0 Å². The second-order valence-corrected chi connectivity index (χ2v) is 4.34. The SMILES string of the molecule is CC(OC(N)=O)(c1ccccc1)c1ccccc1O. The minimum atomic E-state index is -1.13. The number of benzene rings is 2. The van der Waals surface area contributed by atoms with E-state index in [0.29, 0.717) is 5.56 Å². The van der Waals surface area contributed by atoms with Crippen LogP contribution in [0, 0.1) is 0 Å². The molecule has 0 heterocycles. The first-order valence-corrected chi connectivity index (χ1v) is 5.86. The zero-order chi connectivity index (χ0) is 13.9. The molecule has 4 nitrogen and oxygen atoms in total. The number of hydrogen-bond acceptors (Lipinski definition) is 3. The number of phenols is 1. The first kappa shape index (κ1) is 13.0. The third-order valence-electron chi connectivity index (χ3n) is 3.05. The smallest absolute Gasteiger partial charge is 0.405 e. The van der Waals surface area contributed by atoms with E-state index in [-0.39, 0.29) is 5.75 Å². The molecule has 0 aromatic heterocycles. The zero-order valence-electron chi connectivity index (χ0n) is 10.5. The monoisotopic (exact) mass is 257 g/mol. The van der Waals surface area contributed by atoms with Crippen molar-refractivity contribution in [2.75, 3.05) is 0 Å². The molecular weight excluding hydrogens is 242 g/mol. The summed E-state index contributed by atoms with van der Waals surface area (Å²) in [4.78, 5) is 11.2. The van der Waals surface area contributed by atoms with Crippen LogP contribution in [0.25, 0.3) is 0 Å². The molecule has 0 saturated heterocycles. The maximum atomic E-state index is 11.2. The van der Waals surface area contributed by atoms with Gasteiger partial charge in [-0.3, -0.25) is 0 Å². The Morgan fingerprint density at radius 3 is 2.26 bits per heavy atom. The van der Waals surface area contributed by atoms with Crippen molar-refractivity contribution >= 4 is 6.09 Å². The van der Waals surface area contributed by atoms with E-state index < -0.39 is 11.7 Å². The molecule has 0 aliphatic heterocycles. The van der Waals surface area contributed by atoms with Crippen LogP contribution in [0.2, 0.25) is 0 Å². The van der Waals surface area contributed by atoms with Crippen molar-refractivity contribution < 1.29 is 14.6 Å². The van der Waals surface area contributed by atoms with E-state index in [9.17, 15) is 9.90 Å². The number of nitrogens with two attached hydrogens (primary N) is 1. The highest BCUT2D eigenvalue weighted by atomic mass is 16.6. The molecule has 1 atom stereocenters. The fourth-order valence-electron chi connectivity index (χ4n) is 2.10. The summed E-state index contributed by atoms with van der Waals surface area (Å²) in [6.45, 7) is 1.70. The van der Waals surface area contributed by atoms with Gasteiger partial charge in [0.15, 0.2) is 5.60 Å². The van der Waals surface area contributed by atoms with Crippen molar-refractivity contribution in [1.82, 2.24) is 0 Å². The maximum Gasteiger partial charge on any atom is 0.405 e. The number of hydrogen-bond donors (Lipinski definition) is 2. The van der Waals surface area contributed by atoms with Crippen LogP contribution < -0.4 is 5.73 Å². The first-order chi connectivity index (χ1) is 9.04. The van der Waals surface area contributed by atoms with Gasteiger partial charge in [-0.1, -0.05) is 48.5 Å². The Morgan fingerprint density at radius 2 is 1.68 bits per heavy atom. The van der Waals surface area contributed by atoms with Crippen LogP contribution in [0.15, 0.2) is 54.6 Å². The van der Waals surface area contributed by atoms with Gasteiger partial charge in [0.05, 0.1) is 0 Å². The van der Waals surface area contributed by atoms with Gasteiger partial charge in [-0.15, -0.1) is 0 Å². The van der Waals surface area contributed by atoms with Gasteiger partial charge in [0.25, 0.3) is 0 Å². The predicted molar refractivity (Wildman–Crippen MR) is 71.7 cm³/mol. The van der Waals surface area contributed by atoms with Gasteiger partial charge >= 0.3 is 6.09 Å². The Bertz CT molecular complexity index is 583. The average Bonchev–Trinajstić information content (AvgIpc) is 2.39. The largest absolute Gasteiger partial charge is 0.508 e. The fourth-order valence-corrected chi connectivity index (χ4v) is 2.10. The van der Waals surface area contributed by atoms with Crippen molar-refractivity contribution in [3.63, 3.8) is 0 Å². The molecule has 0 bridgehead atoms. The molecule has 0 radical (unpaired) electrons. The molecule has 1 unspecified atom stereocenters. The van der Waals surface area contributed by atoms with Crippen molar-refractivity contribution in [1.29, 1.82) is 0 Å². The van der Waals surface area contributed by atoms with E-state index >= 15 is 0 Å². The normalized spacial score (nSPS) is 13.5. The van der Waals surface area contributed by atoms with Crippen molar-refractivity contribution in [2.45, 2.75) is 12.5 Å². The molecule has 1 amide bonds. The Labute approximate surface area is 111 Å². The van der Waals surface area contributed by atoms with Crippen molar-refractivity contribution in [3.05, 3.63) is 65.7 Å². The summed E-state index contributed by atoms with van der Waals surface area (Å²) in [5.41, 5.74) is 5.25. The third-order valence-corrected chi connectivity index (χ3v) is 3.05. The van der Waals surface area contributed by atoms with E-state index in [1.165, 1.54) is 0 Å². The van der Waals surface area contributed by atoms with Gasteiger partial charge in [-0.25, -0.2) is 4.79 Å². The number of para-hydroxylation sites is 1. The second-order valence-electron chi connectivity index (χ2n) is 4.34. The molecule has 0 aliphatic rings. The first-order valence-electron chi connectivity index (χ1n) is 5.86. The van der Waals surface area contributed by atoms with E-state index in [0.717, 1.165) is 5.56 Å². The minimum absolute atomic E-state index is 0.0510. The van der Waals surface area contributed by atoms with E-state index in [4.69, 9.17) is 10.5 Å². The lowest BCUT2D eigenvalue weighted by molar-refractivity contribution is 0.0579. The number of carbonyl (C=O) groups is 1. The van der Waals surface area contributed by atoms with Gasteiger partial charge in [0.1, 0.15) is 5.75 Å². The van der Waals surface area contributed by atoms with Crippen LogP contribution in [-0.4, -0.2) is 11.2 Å². The molecule has 19 heavy (non-hydrogen) atoms. The molecule has 2 rings (SSSR count). The topological polar surface area (TPSA) is 72.5 Å². The lowest BCUT2D eigenvalue weighted by Crippen LogP contribution is -2.33. The molecule has 0 fully saturated rings. The number of aromatic hydroxyl groups is 1. The van der Waals surface area contributed by atoms with Crippen LogP contribution in [0.5, 0.6) is 5.75 Å². The molecule has 98 valence electrons. The lowest BCUT2D eigenvalue weighted by Gasteiger charge is -2.30. The van der Waals surface area contributed by atoms with Crippen molar-refractivity contribution in [3.8, 4) is 5.75 Å². The molecular formula is C15H15NO3. The van der Waals surface area contributed by atoms with Gasteiger partial charge in [0, 0.05) is 5.56 Å². The van der Waals surface area contributed by atoms with Gasteiger partial charge in [0.2, 0.25) is 0 Å². The Kier molecular flexibility index (Phi) is 3.42. The summed E-state index contributed by atoms with van der Waals surface area (Å²) in [7, 11) is 0. The molecule has 4 heteroatoms. The fraction of sp³-hybridized carbons (Fsp3) is 0.133. The second kappa shape index (κ2) is 5.02. The summed E-state index contributed by atoms with van der Waals surface area (Å²) in [6.07, 6.45) is -0.894. The van der Waals surface area contributed by atoms with Gasteiger partial charge in [-0.2, -0.15) is 0 Å². The van der Waals surface area contributed by atoms with E-state index in [1.54, 1.807) is 31.2 Å². The third kappa shape index (κ3) is 2.52. The minimum Gasteiger partial charge on any atom is -0.508 e. The molecule has 0 aliphatic carbocycles. The van der Waals surface area contributed by atoms with Crippen molar-refractivity contribution in [2.24, 2.45) is 5.73 Å². The summed E-state index contributed by atoms with van der Waals surface area (Å²) in [6, 6.07) is 15.9. The number of primary amides is 1. The summed E-state index contributed by atoms with van der Waals surface area (Å²) in [5.74, 6) is 0.0510. The predicted octanol–water partition coefficient (Wildman–Crippen LogP) is 2.75. The van der Waals surface area contributed by atoms with Gasteiger partial charge in [-0.05, 0) is 18.6 Å². The summed E-state index contributed by atoms with van der Waals surface area (Å²) < 4.78 is 5.27. The van der Waals surface area contributed by atoms with Gasteiger partial charge < -0.3 is 15.6 Å². The Morgan fingerprint density at radius 1 is 1.11 bits per heavy atom. The summed E-state index contributed by atoms with van der Waals surface area (Å²) >= 11 is 0. The van der Waals surface area contributed by atoms with Crippen LogP contribution in [0.4, 0.5) is 4.79 Å². The highest BCUT2D eigenvalue weighted by Gasteiger charge is 2.34. The van der Waals surface area contributed by atoms with Crippen LogP contribution in [-0.2, 0) is 10.3 Å². The lowest BCUT2D eigenvalue weighted by atomic mass is 9.87. The maximum absolute atomic E-state index is 11.2. The highest BCUT2D eigenvalue weighted by Crippen LogP contribution is 2.37. The number of amides is 1. The molecule has 2 aromatic rings. The quantitative estimate of drug-likeness (QED) is 0.888. The van der Waals surface area contributed by atoms with Crippen LogP contribution in [0.1, 0.15) is 18.1 Å². The number of rotatable bonds is 3. The zero-order valence-corrected chi connectivity index (χ0v) is 10.5. The number of ether oxygens (including phenoxy) is 1. The number of phenolic OH excluding ortho intramolecular Hbond substituents is 1. The van der Waals surface area contributed by atoms with Crippen LogP contribution in [0.3, 0.4) is 0 Å². The molecule has 0 spiro atoms. The number of carbonyl (C=O) groups excluding carboxylic acids is 1. The standard InChI is InChI=1S/C15H15NO3/c1-15(19-14(16)18,11-7-3-2-4-8-11)12-9-5-6-10-13(12)17/h2-10,17H,1H3,(H2,16,18). The molecule has 2 aromatic carbocycles. The Balaban J connectivity index is 2.59. The molecule has 3 N–H and O–H groups in total. The molecule has 0 saturated carbocycles. The highest BCUT2D eigenvalue weighted by molar-refractivity contribution is 5.66. The average molecular weight is 257 g/mol. The van der Waals surface area contributed by atoms with E-state index in [2.05, 4.69) is 0 Å².